The van der Waals surface area contributed by atoms with E-state index in [4.69, 9.17) is 23.2 Å². The molecule has 1 heterocycles. The molecule has 0 aliphatic rings. The first-order chi connectivity index (χ1) is 5.68. The van der Waals surface area contributed by atoms with E-state index in [0.717, 1.165) is 10.1 Å². The van der Waals surface area contributed by atoms with Crippen LogP contribution in [0.3, 0.4) is 0 Å². The van der Waals surface area contributed by atoms with E-state index in [2.05, 4.69) is 0 Å². The molecule has 62 valence electrons. The summed E-state index contributed by atoms with van der Waals surface area (Å²) in [4.78, 5) is 0. The molecule has 1 aromatic carbocycles. The standard InChI is InChI=1S/C8H4Cl2OS/c9-4-1-2-5-6(3-4)12-8(11)7(5)10/h1-3,11H. The normalized spacial score (nSPS) is 10.8. The van der Waals surface area contributed by atoms with Crippen LogP contribution in [-0.4, -0.2) is 5.11 Å². The van der Waals surface area contributed by atoms with Gasteiger partial charge in [-0.3, -0.25) is 0 Å². The molecule has 0 unspecified atom stereocenters. The molecule has 0 saturated carbocycles. The van der Waals surface area contributed by atoms with Crippen LogP contribution in [0.4, 0.5) is 0 Å². The molecule has 0 radical (unpaired) electrons. The minimum Gasteiger partial charge on any atom is -0.498 e. The lowest BCUT2D eigenvalue weighted by Gasteiger charge is -1.89. The van der Waals surface area contributed by atoms with Gasteiger partial charge in [-0.2, -0.15) is 0 Å². The van der Waals surface area contributed by atoms with Crippen LogP contribution in [0.25, 0.3) is 10.1 Å². The average Bonchev–Trinajstić information content (AvgIpc) is 2.28. The Morgan fingerprint density at radius 3 is 2.75 bits per heavy atom. The molecule has 0 aliphatic heterocycles. The smallest absolute Gasteiger partial charge is 0.191 e. The third-order valence-electron chi connectivity index (χ3n) is 1.57. The van der Waals surface area contributed by atoms with Crippen LogP contribution in [-0.2, 0) is 0 Å². The number of aromatic hydroxyl groups is 1. The van der Waals surface area contributed by atoms with Crippen molar-refractivity contribution in [3.63, 3.8) is 0 Å². The topological polar surface area (TPSA) is 20.2 Å². The predicted molar refractivity (Wildman–Crippen MR) is 53.5 cm³/mol. The van der Waals surface area contributed by atoms with Gasteiger partial charge in [-0.15, -0.1) is 0 Å². The third kappa shape index (κ3) is 1.16. The number of hydrogen-bond acceptors (Lipinski definition) is 2. The second-order valence-electron chi connectivity index (χ2n) is 2.36. The highest BCUT2D eigenvalue weighted by Gasteiger charge is 2.08. The second kappa shape index (κ2) is 2.80. The summed E-state index contributed by atoms with van der Waals surface area (Å²) in [5, 5.41) is 11.3. The molecule has 2 rings (SSSR count). The second-order valence-corrected chi connectivity index (χ2v) is 4.21. The fraction of sp³-hybridized carbons (Fsp3) is 0. The summed E-state index contributed by atoms with van der Waals surface area (Å²) in [6, 6.07) is 5.34. The molecule has 2 aromatic rings. The third-order valence-corrected chi connectivity index (χ3v) is 3.26. The molecule has 4 heteroatoms. The zero-order valence-electron chi connectivity index (χ0n) is 5.84. The van der Waals surface area contributed by atoms with Crippen LogP contribution >= 0.6 is 34.5 Å². The van der Waals surface area contributed by atoms with Gasteiger partial charge in [0.1, 0.15) is 5.02 Å². The first-order valence-electron chi connectivity index (χ1n) is 3.25. The molecule has 12 heavy (non-hydrogen) atoms. The van der Waals surface area contributed by atoms with Crippen LogP contribution in [0.1, 0.15) is 0 Å². The van der Waals surface area contributed by atoms with Crippen LogP contribution < -0.4 is 0 Å². The Morgan fingerprint density at radius 2 is 2.00 bits per heavy atom. The van der Waals surface area contributed by atoms with Crippen molar-refractivity contribution in [2.24, 2.45) is 0 Å². The van der Waals surface area contributed by atoms with E-state index < -0.39 is 0 Å². The Kier molecular flexibility index (Phi) is 1.91. The molecule has 1 nitrogen and oxygen atoms in total. The Labute approximate surface area is 83.2 Å². The minimum atomic E-state index is 0.147. The van der Waals surface area contributed by atoms with Crippen molar-refractivity contribution >= 4 is 44.6 Å². The van der Waals surface area contributed by atoms with Crippen molar-refractivity contribution in [2.45, 2.75) is 0 Å². The highest BCUT2D eigenvalue weighted by Crippen LogP contribution is 2.41. The highest BCUT2D eigenvalue weighted by atomic mass is 35.5. The van der Waals surface area contributed by atoms with Crippen molar-refractivity contribution in [1.82, 2.24) is 0 Å². The number of hydrogen-bond donors (Lipinski definition) is 1. The average molecular weight is 219 g/mol. The lowest BCUT2D eigenvalue weighted by molar-refractivity contribution is 0.491. The molecule has 0 fully saturated rings. The van der Waals surface area contributed by atoms with Gasteiger partial charge in [0.2, 0.25) is 0 Å². The van der Waals surface area contributed by atoms with E-state index >= 15 is 0 Å². The first kappa shape index (κ1) is 8.17. The molecular weight excluding hydrogens is 215 g/mol. The lowest BCUT2D eigenvalue weighted by Crippen LogP contribution is -1.63. The van der Waals surface area contributed by atoms with Gasteiger partial charge in [0.15, 0.2) is 5.06 Å². The molecule has 1 aromatic heterocycles. The fourth-order valence-corrected chi connectivity index (χ4v) is 2.47. The summed E-state index contributed by atoms with van der Waals surface area (Å²) in [5.41, 5.74) is 0. The number of fused-ring (bicyclic) bond motifs is 1. The Hall–Kier alpha value is -0.440. The van der Waals surface area contributed by atoms with Crippen molar-refractivity contribution in [2.75, 3.05) is 0 Å². The molecule has 0 amide bonds. The van der Waals surface area contributed by atoms with E-state index in [0.29, 0.717) is 10.0 Å². The van der Waals surface area contributed by atoms with Crippen LogP contribution in [0.5, 0.6) is 5.06 Å². The highest BCUT2D eigenvalue weighted by molar-refractivity contribution is 7.21. The quantitative estimate of drug-likeness (QED) is 0.711. The lowest BCUT2D eigenvalue weighted by atomic mass is 10.3. The van der Waals surface area contributed by atoms with E-state index in [1.165, 1.54) is 11.3 Å². The van der Waals surface area contributed by atoms with Gasteiger partial charge in [-0.25, -0.2) is 0 Å². The van der Waals surface area contributed by atoms with E-state index in [1.807, 2.05) is 0 Å². The van der Waals surface area contributed by atoms with Crippen molar-refractivity contribution in [3.05, 3.63) is 28.2 Å². The summed E-state index contributed by atoms with van der Waals surface area (Å²) in [7, 11) is 0. The summed E-state index contributed by atoms with van der Waals surface area (Å²) in [5.74, 6) is 0. The van der Waals surface area contributed by atoms with E-state index in [-0.39, 0.29) is 5.06 Å². The van der Waals surface area contributed by atoms with Gasteiger partial charge in [0, 0.05) is 15.1 Å². The molecule has 0 atom stereocenters. The minimum absolute atomic E-state index is 0.147. The fourth-order valence-electron chi connectivity index (χ4n) is 1.03. The summed E-state index contributed by atoms with van der Waals surface area (Å²) in [6.07, 6.45) is 0. The SMILES string of the molecule is Oc1sc2cc(Cl)ccc2c1Cl. The van der Waals surface area contributed by atoms with Gasteiger partial charge in [-0.05, 0) is 12.1 Å². The largest absolute Gasteiger partial charge is 0.498 e. The zero-order valence-corrected chi connectivity index (χ0v) is 8.17. The van der Waals surface area contributed by atoms with E-state index in [1.54, 1.807) is 18.2 Å². The maximum atomic E-state index is 9.28. The Morgan fingerprint density at radius 1 is 1.25 bits per heavy atom. The Bertz CT molecular complexity index is 436. The Balaban J connectivity index is 2.87. The molecular formula is C8H4Cl2OS. The van der Waals surface area contributed by atoms with E-state index in [9.17, 15) is 5.11 Å². The van der Waals surface area contributed by atoms with Gasteiger partial charge >= 0.3 is 0 Å². The van der Waals surface area contributed by atoms with Gasteiger partial charge in [0.05, 0.1) is 0 Å². The van der Waals surface area contributed by atoms with Gasteiger partial charge in [-0.1, -0.05) is 40.6 Å². The molecule has 0 aliphatic carbocycles. The number of benzene rings is 1. The maximum absolute atomic E-state index is 9.28. The monoisotopic (exact) mass is 218 g/mol. The summed E-state index contributed by atoms with van der Waals surface area (Å²) >= 11 is 12.8. The van der Waals surface area contributed by atoms with Crippen molar-refractivity contribution in [1.29, 1.82) is 0 Å². The molecule has 0 spiro atoms. The van der Waals surface area contributed by atoms with Crippen LogP contribution in [0, 0.1) is 0 Å². The van der Waals surface area contributed by atoms with Crippen LogP contribution in [0.15, 0.2) is 18.2 Å². The number of thiophene rings is 1. The number of halogens is 2. The van der Waals surface area contributed by atoms with Gasteiger partial charge in [0.25, 0.3) is 0 Å². The zero-order chi connectivity index (χ0) is 8.72. The van der Waals surface area contributed by atoms with Crippen LogP contribution in [0.2, 0.25) is 10.0 Å². The summed E-state index contributed by atoms with van der Waals surface area (Å²) in [6.45, 7) is 0. The van der Waals surface area contributed by atoms with Gasteiger partial charge < -0.3 is 5.11 Å². The molecule has 0 bridgehead atoms. The maximum Gasteiger partial charge on any atom is 0.191 e. The molecule has 0 saturated heterocycles. The predicted octanol–water partition coefficient (Wildman–Crippen LogP) is 3.91. The van der Waals surface area contributed by atoms with Crippen molar-refractivity contribution < 1.29 is 5.11 Å². The summed E-state index contributed by atoms with van der Waals surface area (Å²) < 4.78 is 0.907. The van der Waals surface area contributed by atoms with Crippen molar-refractivity contribution in [3.8, 4) is 5.06 Å². The molecule has 1 N–H and O–H groups in total. The first-order valence-corrected chi connectivity index (χ1v) is 4.82. The number of rotatable bonds is 0.